The number of aromatic nitrogens is 1. The van der Waals surface area contributed by atoms with Gasteiger partial charge in [-0.2, -0.15) is 0 Å². The molecule has 0 radical (unpaired) electrons. The van der Waals surface area contributed by atoms with Crippen molar-refractivity contribution in [1.82, 2.24) is 10.1 Å². The van der Waals surface area contributed by atoms with E-state index < -0.39 is 0 Å². The van der Waals surface area contributed by atoms with E-state index >= 15 is 0 Å². The molecule has 3 nitrogen and oxygen atoms in total. The Labute approximate surface area is 118 Å². The standard InChI is InChI=1S/C15H20N2OS/c1-4-14-12-6-8-19-15(12)5-7-17(14)9-13-10(2)16-18-11(13)3/h6,8,14H,4-5,7,9H2,1-3H3. The van der Waals surface area contributed by atoms with Crippen molar-refractivity contribution in [1.29, 1.82) is 0 Å². The number of thiophene rings is 1. The molecule has 0 saturated heterocycles. The summed E-state index contributed by atoms with van der Waals surface area (Å²) in [5.74, 6) is 0.962. The first-order valence-corrected chi connectivity index (χ1v) is 7.80. The smallest absolute Gasteiger partial charge is 0.138 e. The first kappa shape index (κ1) is 12.9. The number of fused-ring (bicyclic) bond motifs is 1. The van der Waals surface area contributed by atoms with Crippen LogP contribution in [0.5, 0.6) is 0 Å². The van der Waals surface area contributed by atoms with Gasteiger partial charge in [0.2, 0.25) is 0 Å². The molecule has 3 heterocycles. The SMILES string of the molecule is CCC1c2ccsc2CCN1Cc1c(C)noc1C. The molecule has 19 heavy (non-hydrogen) atoms. The zero-order valence-electron chi connectivity index (χ0n) is 11.8. The molecule has 0 spiro atoms. The van der Waals surface area contributed by atoms with Crippen LogP contribution in [0.2, 0.25) is 0 Å². The van der Waals surface area contributed by atoms with Gasteiger partial charge in [0, 0.05) is 29.6 Å². The molecule has 2 aromatic rings. The Morgan fingerprint density at radius 1 is 1.47 bits per heavy atom. The molecule has 102 valence electrons. The van der Waals surface area contributed by atoms with Crippen molar-refractivity contribution in [3.63, 3.8) is 0 Å². The van der Waals surface area contributed by atoms with Gasteiger partial charge in [-0.1, -0.05) is 12.1 Å². The molecule has 0 aliphatic carbocycles. The Bertz CT molecular complexity index is 553. The summed E-state index contributed by atoms with van der Waals surface area (Å²) in [6, 6.07) is 2.84. The quantitative estimate of drug-likeness (QED) is 0.852. The van der Waals surface area contributed by atoms with Gasteiger partial charge in [-0.3, -0.25) is 4.90 Å². The van der Waals surface area contributed by atoms with Crippen LogP contribution in [0, 0.1) is 13.8 Å². The van der Waals surface area contributed by atoms with Gasteiger partial charge < -0.3 is 4.52 Å². The third-order valence-electron chi connectivity index (χ3n) is 4.13. The van der Waals surface area contributed by atoms with Crippen LogP contribution in [0.25, 0.3) is 0 Å². The maximum atomic E-state index is 5.29. The molecule has 1 atom stereocenters. The average molecular weight is 276 g/mol. The second-order valence-electron chi connectivity index (χ2n) is 5.25. The van der Waals surface area contributed by atoms with Gasteiger partial charge in [0.25, 0.3) is 0 Å². The summed E-state index contributed by atoms with van der Waals surface area (Å²) in [4.78, 5) is 4.14. The number of nitrogens with zero attached hydrogens (tertiary/aromatic N) is 2. The molecular formula is C15H20N2OS. The van der Waals surface area contributed by atoms with Crippen molar-refractivity contribution >= 4 is 11.3 Å². The highest BCUT2D eigenvalue weighted by molar-refractivity contribution is 7.10. The summed E-state index contributed by atoms with van der Waals surface area (Å²) < 4.78 is 5.29. The van der Waals surface area contributed by atoms with Crippen LogP contribution >= 0.6 is 11.3 Å². The topological polar surface area (TPSA) is 29.3 Å². The van der Waals surface area contributed by atoms with Crippen molar-refractivity contribution < 1.29 is 4.52 Å². The molecule has 1 aliphatic rings. The van der Waals surface area contributed by atoms with Crippen molar-refractivity contribution in [2.24, 2.45) is 0 Å². The molecule has 0 N–H and O–H groups in total. The molecule has 0 bridgehead atoms. The molecule has 0 fully saturated rings. The summed E-state index contributed by atoms with van der Waals surface area (Å²) >= 11 is 1.90. The van der Waals surface area contributed by atoms with E-state index in [9.17, 15) is 0 Å². The Morgan fingerprint density at radius 2 is 2.32 bits per heavy atom. The fourth-order valence-corrected chi connectivity index (χ4v) is 3.97. The largest absolute Gasteiger partial charge is 0.361 e. The van der Waals surface area contributed by atoms with E-state index in [0.29, 0.717) is 6.04 Å². The zero-order chi connectivity index (χ0) is 13.4. The normalized spacial score (nSPS) is 19.6. The van der Waals surface area contributed by atoms with E-state index in [1.54, 1.807) is 4.88 Å². The van der Waals surface area contributed by atoms with Crippen molar-refractivity contribution in [2.45, 2.75) is 46.2 Å². The molecule has 0 saturated carbocycles. The lowest BCUT2D eigenvalue weighted by atomic mass is 9.97. The predicted octanol–water partition coefficient (Wildman–Crippen LogP) is 3.86. The molecule has 0 aromatic carbocycles. The van der Waals surface area contributed by atoms with Crippen LogP contribution in [0.15, 0.2) is 16.0 Å². The van der Waals surface area contributed by atoms with E-state index in [2.05, 4.69) is 28.4 Å². The fraction of sp³-hybridized carbons (Fsp3) is 0.533. The molecule has 2 aromatic heterocycles. The van der Waals surface area contributed by atoms with E-state index in [-0.39, 0.29) is 0 Å². The molecule has 1 aliphatic heterocycles. The first-order valence-electron chi connectivity index (χ1n) is 6.92. The molecule has 3 rings (SSSR count). The second kappa shape index (κ2) is 5.10. The maximum absolute atomic E-state index is 5.29. The van der Waals surface area contributed by atoms with Crippen LogP contribution < -0.4 is 0 Å². The summed E-state index contributed by atoms with van der Waals surface area (Å²) in [6.45, 7) is 8.41. The molecule has 1 unspecified atom stereocenters. The Hall–Kier alpha value is -1.13. The summed E-state index contributed by atoms with van der Waals surface area (Å²) in [5.41, 5.74) is 3.83. The van der Waals surface area contributed by atoms with Crippen LogP contribution in [0.4, 0.5) is 0 Å². The summed E-state index contributed by atoms with van der Waals surface area (Å²) in [6.07, 6.45) is 2.33. The Balaban J connectivity index is 1.86. The lowest BCUT2D eigenvalue weighted by molar-refractivity contribution is 0.172. The van der Waals surface area contributed by atoms with Crippen LogP contribution in [-0.2, 0) is 13.0 Å². The molecule has 4 heteroatoms. The van der Waals surface area contributed by atoms with Crippen molar-refractivity contribution in [2.75, 3.05) is 6.54 Å². The van der Waals surface area contributed by atoms with Gasteiger partial charge in [0.15, 0.2) is 0 Å². The van der Waals surface area contributed by atoms with E-state index in [4.69, 9.17) is 4.52 Å². The van der Waals surface area contributed by atoms with E-state index in [0.717, 1.165) is 31.0 Å². The summed E-state index contributed by atoms with van der Waals surface area (Å²) in [7, 11) is 0. The fourth-order valence-electron chi connectivity index (χ4n) is 3.05. The van der Waals surface area contributed by atoms with Gasteiger partial charge in [-0.15, -0.1) is 11.3 Å². The summed E-state index contributed by atoms with van der Waals surface area (Å²) in [5, 5.41) is 6.30. The lowest BCUT2D eigenvalue weighted by Crippen LogP contribution is -2.34. The minimum Gasteiger partial charge on any atom is -0.361 e. The second-order valence-corrected chi connectivity index (χ2v) is 6.25. The van der Waals surface area contributed by atoms with Crippen LogP contribution in [-0.4, -0.2) is 16.6 Å². The van der Waals surface area contributed by atoms with Crippen LogP contribution in [0.3, 0.4) is 0 Å². The van der Waals surface area contributed by atoms with E-state index in [1.807, 2.05) is 25.2 Å². The van der Waals surface area contributed by atoms with Gasteiger partial charge in [0.1, 0.15) is 5.76 Å². The molecular weight excluding hydrogens is 256 g/mol. The lowest BCUT2D eigenvalue weighted by Gasteiger charge is -2.35. The number of hydrogen-bond donors (Lipinski definition) is 0. The monoisotopic (exact) mass is 276 g/mol. The highest BCUT2D eigenvalue weighted by Gasteiger charge is 2.28. The third-order valence-corrected chi connectivity index (χ3v) is 5.13. The Kier molecular flexibility index (Phi) is 3.46. The average Bonchev–Trinajstić information content (AvgIpc) is 3.00. The van der Waals surface area contributed by atoms with Crippen molar-refractivity contribution in [3.05, 3.63) is 38.9 Å². The molecule has 0 amide bonds. The van der Waals surface area contributed by atoms with Gasteiger partial charge in [-0.05, 0) is 43.7 Å². The van der Waals surface area contributed by atoms with Crippen LogP contribution in [0.1, 0.15) is 46.8 Å². The van der Waals surface area contributed by atoms with Gasteiger partial charge >= 0.3 is 0 Å². The van der Waals surface area contributed by atoms with Gasteiger partial charge in [-0.25, -0.2) is 0 Å². The number of aryl methyl sites for hydroxylation is 2. The maximum Gasteiger partial charge on any atom is 0.138 e. The number of rotatable bonds is 3. The highest BCUT2D eigenvalue weighted by atomic mass is 32.1. The Morgan fingerprint density at radius 3 is 3.00 bits per heavy atom. The predicted molar refractivity (Wildman–Crippen MR) is 77.4 cm³/mol. The highest BCUT2D eigenvalue weighted by Crippen LogP contribution is 2.36. The van der Waals surface area contributed by atoms with E-state index in [1.165, 1.54) is 17.5 Å². The number of hydrogen-bond acceptors (Lipinski definition) is 4. The minimum atomic E-state index is 0.545. The first-order chi connectivity index (χ1) is 9.20. The minimum absolute atomic E-state index is 0.545. The third kappa shape index (κ3) is 2.23. The zero-order valence-corrected chi connectivity index (χ0v) is 12.6. The van der Waals surface area contributed by atoms with Gasteiger partial charge in [0.05, 0.1) is 5.69 Å². The van der Waals surface area contributed by atoms with Crippen molar-refractivity contribution in [3.8, 4) is 0 Å².